The Kier molecular flexibility index (Phi) is 12.1. The summed E-state index contributed by atoms with van der Waals surface area (Å²) in [5.41, 5.74) is 0.309. The number of esters is 2. The van der Waals surface area contributed by atoms with E-state index in [4.69, 9.17) is 9.47 Å². The number of hydrogen-bond donors (Lipinski definition) is 2. The maximum atomic E-state index is 12.1. The minimum Gasteiger partial charge on any atom is -1.00 e. The third kappa shape index (κ3) is 9.26. The number of hydrogen-bond acceptors (Lipinski definition) is 6. The van der Waals surface area contributed by atoms with Crippen LogP contribution in [0.3, 0.4) is 0 Å². The van der Waals surface area contributed by atoms with Gasteiger partial charge < -0.3 is 44.1 Å². The summed E-state index contributed by atoms with van der Waals surface area (Å²) in [5, 5.41) is 4.94. The molecule has 0 aliphatic rings. The molecule has 0 atom stereocenters. The predicted octanol–water partition coefficient (Wildman–Crippen LogP) is -3.57. The van der Waals surface area contributed by atoms with Crippen molar-refractivity contribution in [3.63, 3.8) is 0 Å². The zero-order valence-electron chi connectivity index (χ0n) is 15.4. The first kappa shape index (κ1) is 25.2. The fraction of sp³-hybridized carbons (Fsp3) is 0.278. The normalized spacial score (nSPS) is 9.32. The summed E-state index contributed by atoms with van der Waals surface area (Å²) in [6.45, 7) is 6.84. The van der Waals surface area contributed by atoms with Gasteiger partial charge in [0, 0.05) is 0 Å². The number of carbonyl (C=O) groups excluding carboxylic acids is 4. The minimum absolute atomic E-state index is 0. The summed E-state index contributed by atoms with van der Waals surface area (Å²) in [7, 11) is 1.64. The predicted molar refractivity (Wildman–Crippen MR) is 94.6 cm³/mol. The van der Waals surface area contributed by atoms with Crippen LogP contribution in [0.15, 0.2) is 43.8 Å². The molecule has 1 heterocycles. The van der Waals surface area contributed by atoms with E-state index in [2.05, 4.69) is 23.8 Å². The largest absolute Gasteiger partial charge is 1.00 e. The van der Waals surface area contributed by atoms with Crippen molar-refractivity contribution in [2.45, 2.75) is 0 Å². The molecular formula is C18H22IN3O6. The van der Waals surface area contributed by atoms with Gasteiger partial charge in [-0.05, 0) is 18.2 Å². The van der Waals surface area contributed by atoms with Crippen LogP contribution in [0.25, 0.3) is 0 Å². The van der Waals surface area contributed by atoms with Crippen molar-refractivity contribution in [2.75, 3.05) is 26.3 Å². The molecule has 0 saturated heterocycles. The number of carbonyl (C=O) groups is 4. The van der Waals surface area contributed by atoms with E-state index in [1.165, 1.54) is 23.0 Å². The second kappa shape index (κ2) is 13.4. The van der Waals surface area contributed by atoms with Gasteiger partial charge in [-0.2, -0.15) is 0 Å². The van der Waals surface area contributed by atoms with Gasteiger partial charge in [0.1, 0.15) is 31.4 Å². The number of rotatable bonds is 10. The first-order valence-corrected chi connectivity index (χ1v) is 8.02. The molecule has 2 N–H and O–H groups in total. The molecule has 1 aromatic heterocycles. The molecule has 0 spiro atoms. The van der Waals surface area contributed by atoms with Crippen LogP contribution in [0.4, 0.5) is 0 Å². The van der Waals surface area contributed by atoms with E-state index in [1.807, 2.05) is 0 Å². The van der Waals surface area contributed by atoms with Crippen molar-refractivity contribution in [1.82, 2.24) is 10.6 Å². The van der Waals surface area contributed by atoms with Gasteiger partial charge >= 0.3 is 11.9 Å². The highest BCUT2D eigenvalue weighted by Gasteiger charge is 2.18. The summed E-state index contributed by atoms with van der Waals surface area (Å²) >= 11 is 0. The van der Waals surface area contributed by atoms with Crippen LogP contribution in [0, 0.1) is 0 Å². The van der Waals surface area contributed by atoms with Crippen LogP contribution < -0.4 is 39.2 Å². The minimum atomic E-state index is -0.647. The van der Waals surface area contributed by atoms with Gasteiger partial charge in [0.25, 0.3) is 0 Å². The Balaban J connectivity index is 0.00000729. The number of nitrogens with one attached hydrogen (secondary N) is 2. The molecular weight excluding hydrogens is 481 g/mol. The second-order valence-corrected chi connectivity index (χ2v) is 5.24. The summed E-state index contributed by atoms with van der Waals surface area (Å²) in [6.07, 6.45) is 5.21. The third-order valence-electron chi connectivity index (χ3n) is 3.11. The lowest BCUT2D eigenvalue weighted by Crippen LogP contribution is -3.00. The van der Waals surface area contributed by atoms with Gasteiger partial charge in [-0.1, -0.05) is 13.2 Å². The van der Waals surface area contributed by atoms with Crippen LogP contribution in [0.1, 0.15) is 20.7 Å². The van der Waals surface area contributed by atoms with Gasteiger partial charge in [-0.25, -0.2) is 14.2 Å². The lowest BCUT2D eigenvalue weighted by molar-refractivity contribution is -0.671. The van der Waals surface area contributed by atoms with Crippen molar-refractivity contribution in [2.24, 2.45) is 7.05 Å². The molecule has 10 heteroatoms. The molecule has 0 aliphatic heterocycles. The second-order valence-electron chi connectivity index (χ2n) is 5.24. The zero-order valence-corrected chi connectivity index (χ0v) is 17.6. The van der Waals surface area contributed by atoms with Gasteiger partial charge in [0.15, 0.2) is 12.4 Å². The Bertz CT molecular complexity index is 693. The maximum Gasteiger partial charge on any atom is 0.344 e. The van der Waals surface area contributed by atoms with Crippen LogP contribution in [0.2, 0.25) is 0 Å². The summed E-state index contributed by atoms with van der Waals surface area (Å²) in [4.78, 5) is 46.2. The monoisotopic (exact) mass is 503 g/mol. The van der Waals surface area contributed by atoms with E-state index in [0.29, 0.717) is 0 Å². The molecule has 28 heavy (non-hydrogen) atoms. The van der Waals surface area contributed by atoms with Crippen LogP contribution in [-0.2, 0) is 26.1 Å². The lowest BCUT2D eigenvalue weighted by Gasteiger charge is -2.07. The van der Waals surface area contributed by atoms with E-state index < -0.39 is 11.9 Å². The molecule has 0 fully saturated rings. The molecule has 1 aromatic rings. The highest BCUT2D eigenvalue weighted by Crippen LogP contribution is 2.05. The maximum absolute atomic E-state index is 12.1. The van der Waals surface area contributed by atoms with E-state index >= 15 is 0 Å². The van der Waals surface area contributed by atoms with Crippen LogP contribution in [0.5, 0.6) is 0 Å². The van der Waals surface area contributed by atoms with Crippen molar-refractivity contribution < 1.29 is 57.2 Å². The fourth-order valence-corrected chi connectivity index (χ4v) is 1.89. The first-order valence-electron chi connectivity index (χ1n) is 8.02. The number of ether oxygens (including phenoxy) is 2. The molecule has 1 rings (SSSR count). The molecule has 0 aromatic carbocycles. The van der Waals surface area contributed by atoms with Gasteiger partial charge in [-0.3, -0.25) is 9.59 Å². The molecule has 0 radical (unpaired) electrons. The standard InChI is InChI=1S/C18H21N3O6.HI/c1-4-15(22)19-6-8-26-17(24)13-10-14(12-21(3)11-13)18(25)27-9-7-20-16(23)5-2;/h4-5,10-12H,1-2,6-9H2,3H3,(H-,19,20,22,23);1H. The number of amides is 2. The molecule has 0 saturated carbocycles. The molecule has 152 valence electrons. The number of pyridine rings is 1. The van der Waals surface area contributed by atoms with Crippen LogP contribution in [-0.4, -0.2) is 50.1 Å². The number of aromatic nitrogens is 1. The Hall–Kier alpha value is -2.76. The van der Waals surface area contributed by atoms with Gasteiger partial charge in [-0.15, -0.1) is 0 Å². The SMILES string of the molecule is C=CC(=O)NCCOC(=O)c1cc(C(=O)OCCNC(=O)C=C)c[n+](C)c1.[I-]. The Morgan fingerprint density at radius 2 is 1.32 bits per heavy atom. The molecule has 2 amide bonds. The van der Waals surface area contributed by atoms with E-state index in [9.17, 15) is 19.2 Å². The van der Waals surface area contributed by atoms with E-state index in [1.54, 1.807) is 7.05 Å². The van der Waals surface area contributed by atoms with E-state index in [0.717, 1.165) is 12.2 Å². The van der Waals surface area contributed by atoms with Crippen molar-refractivity contribution in [3.8, 4) is 0 Å². The molecule has 0 bridgehead atoms. The van der Waals surface area contributed by atoms with Crippen molar-refractivity contribution in [3.05, 3.63) is 54.9 Å². The summed E-state index contributed by atoms with van der Waals surface area (Å²) in [5.74, 6) is -2.03. The highest BCUT2D eigenvalue weighted by molar-refractivity contribution is 5.94. The number of halogens is 1. The molecule has 0 unspecified atom stereocenters. The fourth-order valence-electron chi connectivity index (χ4n) is 1.89. The van der Waals surface area contributed by atoms with Gasteiger partial charge in [0.05, 0.1) is 13.1 Å². The lowest BCUT2D eigenvalue weighted by atomic mass is 10.2. The summed E-state index contributed by atoms with van der Waals surface area (Å²) in [6, 6.07) is 1.34. The topological polar surface area (TPSA) is 115 Å². The number of nitrogens with zero attached hydrogens (tertiary/aromatic N) is 1. The Labute approximate surface area is 179 Å². The first-order chi connectivity index (χ1) is 12.9. The van der Waals surface area contributed by atoms with Crippen LogP contribution >= 0.6 is 0 Å². The van der Waals surface area contributed by atoms with Gasteiger partial charge in [0.2, 0.25) is 11.8 Å². The summed E-state index contributed by atoms with van der Waals surface area (Å²) < 4.78 is 11.6. The highest BCUT2D eigenvalue weighted by atomic mass is 127. The van der Waals surface area contributed by atoms with Crippen molar-refractivity contribution >= 4 is 23.8 Å². The van der Waals surface area contributed by atoms with Crippen molar-refractivity contribution in [1.29, 1.82) is 0 Å². The quantitative estimate of drug-likeness (QED) is 0.112. The Morgan fingerprint density at radius 1 is 0.929 bits per heavy atom. The average molecular weight is 503 g/mol. The zero-order chi connectivity index (χ0) is 20.2. The molecule has 9 nitrogen and oxygen atoms in total. The number of aryl methyl sites for hydroxylation is 1. The third-order valence-corrected chi connectivity index (χ3v) is 3.11. The Morgan fingerprint density at radius 3 is 1.68 bits per heavy atom. The molecule has 0 aliphatic carbocycles. The average Bonchev–Trinajstić information content (AvgIpc) is 2.67. The smallest absolute Gasteiger partial charge is 0.344 e. The van der Waals surface area contributed by atoms with E-state index in [-0.39, 0.29) is 73.2 Å².